The Bertz CT molecular complexity index is 263. The van der Waals surface area contributed by atoms with Gasteiger partial charge < -0.3 is 15.3 Å². The third-order valence-corrected chi connectivity index (χ3v) is 3.82. The molecule has 1 heterocycles. The van der Waals surface area contributed by atoms with Gasteiger partial charge in [0.2, 0.25) is 5.91 Å². The van der Waals surface area contributed by atoms with Gasteiger partial charge in [0.15, 0.2) is 0 Å². The molecule has 0 spiro atoms. The van der Waals surface area contributed by atoms with Crippen LogP contribution in [-0.4, -0.2) is 73.7 Å². The number of aliphatic hydroxyl groups is 1. The van der Waals surface area contributed by atoms with Crippen molar-refractivity contribution in [1.82, 2.24) is 15.1 Å². The Kier molecular flexibility index (Phi) is 7.34. The maximum atomic E-state index is 11.6. The molecular weight excluding hydrogens is 242 g/mol. The molecule has 1 rings (SSSR count). The predicted molar refractivity (Wildman–Crippen MR) is 77.0 cm³/mol. The normalized spacial score (nSPS) is 19.4. The Morgan fingerprint density at radius 1 is 1.42 bits per heavy atom. The number of carbonyl (C=O) groups excluding carboxylic acids is 1. The van der Waals surface area contributed by atoms with Crippen LogP contribution in [0.15, 0.2) is 0 Å². The minimum Gasteiger partial charge on any atom is -0.396 e. The van der Waals surface area contributed by atoms with Crippen LogP contribution in [0.25, 0.3) is 0 Å². The van der Waals surface area contributed by atoms with E-state index in [0.717, 1.165) is 38.9 Å². The zero-order valence-electron chi connectivity index (χ0n) is 12.6. The van der Waals surface area contributed by atoms with Crippen LogP contribution < -0.4 is 5.32 Å². The number of likely N-dealkylation sites (N-methyl/N-ethyl adjacent to an activating group) is 1. The zero-order chi connectivity index (χ0) is 14.3. The van der Waals surface area contributed by atoms with Crippen LogP contribution in [0.4, 0.5) is 0 Å². The lowest BCUT2D eigenvalue weighted by atomic mass is 10.0. The van der Waals surface area contributed by atoms with Crippen molar-refractivity contribution >= 4 is 5.91 Å². The second-order valence-electron chi connectivity index (χ2n) is 5.86. The summed E-state index contributed by atoms with van der Waals surface area (Å²) in [5, 5.41) is 12.4. The fourth-order valence-electron chi connectivity index (χ4n) is 2.32. The summed E-state index contributed by atoms with van der Waals surface area (Å²) in [6, 6.07) is 0.562. The summed E-state index contributed by atoms with van der Waals surface area (Å²) in [5.74, 6) is 0.710. The standard InChI is InChI=1S/C14H29N3O2/c1-12(6-9-18)10-15-13-4-7-17(8-5-13)11-14(19)16(2)3/h12-13,15,18H,4-11H2,1-3H3. The van der Waals surface area contributed by atoms with E-state index >= 15 is 0 Å². The van der Waals surface area contributed by atoms with Crippen molar-refractivity contribution in [3.8, 4) is 0 Å². The molecule has 1 unspecified atom stereocenters. The van der Waals surface area contributed by atoms with Crippen molar-refractivity contribution in [2.75, 3.05) is 46.9 Å². The van der Waals surface area contributed by atoms with Crippen LogP contribution in [-0.2, 0) is 4.79 Å². The highest BCUT2D eigenvalue weighted by atomic mass is 16.3. The first-order valence-electron chi connectivity index (χ1n) is 7.29. The predicted octanol–water partition coefficient (Wildman–Crippen LogP) is 0.147. The van der Waals surface area contributed by atoms with Crippen LogP contribution in [0.2, 0.25) is 0 Å². The van der Waals surface area contributed by atoms with Crippen LogP contribution >= 0.6 is 0 Å². The molecule has 1 atom stereocenters. The van der Waals surface area contributed by atoms with Crippen LogP contribution in [0.3, 0.4) is 0 Å². The average Bonchev–Trinajstić information content (AvgIpc) is 2.38. The number of rotatable bonds is 7. The molecule has 1 fully saturated rings. The SMILES string of the molecule is CC(CCO)CNC1CCN(CC(=O)N(C)C)CC1. The van der Waals surface area contributed by atoms with Gasteiger partial charge >= 0.3 is 0 Å². The topological polar surface area (TPSA) is 55.8 Å². The molecule has 5 nitrogen and oxygen atoms in total. The van der Waals surface area contributed by atoms with Crippen molar-refractivity contribution < 1.29 is 9.90 Å². The largest absolute Gasteiger partial charge is 0.396 e. The van der Waals surface area contributed by atoms with Gasteiger partial charge in [0.25, 0.3) is 0 Å². The van der Waals surface area contributed by atoms with E-state index in [2.05, 4.69) is 17.1 Å². The molecule has 0 bridgehead atoms. The van der Waals surface area contributed by atoms with Crippen LogP contribution in [0, 0.1) is 5.92 Å². The van der Waals surface area contributed by atoms with E-state index in [1.807, 2.05) is 0 Å². The van der Waals surface area contributed by atoms with E-state index in [-0.39, 0.29) is 12.5 Å². The van der Waals surface area contributed by atoms with Gasteiger partial charge in [0.05, 0.1) is 6.54 Å². The number of nitrogens with one attached hydrogen (secondary N) is 1. The summed E-state index contributed by atoms with van der Waals surface area (Å²) in [7, 11) is 3.61. The Labute approximate surface area is 117 Å². The lowest BCUT2D eigenvalue weighted by Gasteiger charge is -2.33. The first-order valence-corrected chi connectivity index (χ1v) is 7.29. The van der Waals surface area contributed by atoms with Gasteiger partial charge in [-0.05, 0) is 31.7 Å². The van der Waals surface area contributed by atoms with Gasteiger partial charge in [0.1, 0.15) is 0 Å². The van der Waals surface area contributed by atoms with Crippen molar-refractivity contribution in [2.45, 2.75) is 32.2 Å². The smallest absolute Gasteiger partial charge is 0.236 e. The molecule has 0 aromatic rings. The Hall–Kier alpha value is -0.650. The monoisotopic (exact) mass is 271 g/mol. The van der Waals surface area contributed by atoms with Gasteiger partial charge in [0, 0.05) is 39.8 Å². The van der Waals surface area contributed by atoms with E-state index in [0.29, 0.717) is 18.5 Å². The number of aliphatic hydroxyl groups excluding tert-OH is 1. The van der Waals surface area contributed by atoms with Gasteiger partial charge in [-0.3, -0.25) is 9.69 Å². The molecule has 1 aliphatic heterocycles. The third kappa shape index (κ3) is 6.36. The van der Waals surface area contributed by atoms with Crippen molar-refractivity contribution in [1.29, 1.82) is 0 Å². The first-order chi connectivity index (χ1) is 9.02. The second-order valence-corrected chi connectivity index (χ2v) is 5.86. The van der Waals surface area contributed by atoms with Gasteiger partial charge in [-0.15, -0.1) is 0 Å². The minimum atomic E-state index is 0.183. The highest BCUT2D eigenvalue weighted by Gasteiger charge is 2.21. The quantitative estimate of drug-likeness (QED) is 0.692. The Morgan fingerprint density at radius 2 is 2.05 bits per heavy atom. The van der Waals surface area contributed by atoms with Gasteiger partial charge in [-0.2, -0.15) is 0 Å². The molecule has 0 aliphatic carbocycles. The fourth-order valence-corrected chi connectivity index (χ4v) is 2.32. The van der Waals surface area contributed by atoms with Crippen LogP contribution in [0.5, 0.6) is 0 Å². The minimum absolute atomic E-state index is 0.183. The summed E-state index contributed by atoms with van der Waals surface area (Å²) in [6.45, 7) is 5.93. The summed E-state index contributed by atoms with van der Waals surface area (Å²) >= 11 is 0. The second kappa shape index (κ2) is 8.51. The molecule has 5 heteroatoms. The van der Waals surface area contributed by atoms with Gasteiger partial charge in [-0.1, -0.05) is 6.92 Å². The van der Waals surface area contributed by atoms with E-state index in [1.165, 1.54) is 0 Å². The van der Waals surface area contributed by atoms with Crippen LogP contribution in [0.1, 0.15) is 26.2 Å². The highest BCUT2D eigenvalue weighted by Crippen LogP contribution is 2.11. The van der Waals surface area contributed by atoms with Crippen molar-refractivity contribution in [3.63, 3.8) is 0 Å². The zero-order valence-corrected chi connectivity index (χ0v) is 12.6. The molecule has 0 saturated carbocycles. The maximum absolute atomic E-state index is 11.6. The highest BCUT2D eigenvalue weighted by molar-refractivity contribution is 5.77. The number of hydrogen-bond donors (Lipinski definition) is 2. The number of piperidine rings is 1. The lowest BCUT2D eigenvalue weighted by molar-refractivity contribution is -0.130. The third-order valence-electron chi connectivity index (χ3n) is 3.82. The summed E-state index contributed by atoms with van der Waals surface area (Å²) in [5.41, 5.74) is 0. The molecule has 19 heavy (non-hydrogen) atoms. The van der Waals surface area contributed by atoms with Gasteiger partial charge in [-0.25, -0.2) is 0 Å². The van der Waals surface area contributed by atoms with Crippen molar-refractivity contribution in [2.24, 2.45) is 5.92 Å². The molecule has 1 amide bonds. The summed E-state index contributed by atoms with van der Waals surface area (Å²) in [4.78, 5) is 15.5. The van der Waals surface area contributed by atoms with E-state index < -0.39 is 0 Å². The fraction of sp³-hybridized carbons (Fsp3) is 0.929. The average molecular weight is 271 g/mol. The number of hydrogen-bond acceptors (Lipinski definition) is 4. The molecule has 1 saturated heterocycles. The maximum Gasteiger partial charge on any atom is 0.236 e. The number of likely N-dealkylation sites (tertiary alicyclic amines) is 1. The van der Waals surface area contributed by atoms with E-state index in [9.17, 15) is 4.79 Å². The molecule has 0 aromatic carbocycles. The Morgan fingerprint density at radius 3 is 2.58 bits per heavy atom. The molecule has 0 aromatic heterocycles. The molecule has 2 N–H and O–H groups in total. The van der Waals surface area contributed by atoms with E-state index in [4.69, 9.17) is 5.11 Å². The first kappa shape index (κ1) is 16.4. The van der Waals surface area contributed by atoms with Crippen molar-refractivity contribution in [3.05, 3.63) is 0 Å². The molecule has 1 aliphatic rings. The number of nitrogens with zero attached hydrogens (tertiary/aromatic N) is 2. The molecular formula is C14H29N3O2. The summed E-state index contributed by atoms with van der Waals surface area (Å²) < 4.78 is 0. The molecule has 0 radical (unpaired) electrons. The van der Waals surface area contributed by atoms with E-state index in [1.54, 1.807) is 19.0 Å². The number of amides is 1. The summed E-state index contributed by atoms with van der Waals surface area (Å²) in [6.07, 6.45) is 3.07. The Balaban J connectivity index is 2.16. The lowest BCUT2D eigenvalue weighted by Crippen LogP contribution is -2.46. The number of carbonyl (C=O) groups is 1. The molecule has 112 valence electrons.